The van der Waals surface area contributed by atoms with Gasteiger partial charge < -0.3 is 24.8 Å². The molecule has 0 nitrogen and oxygen atoms in total. The minimum Gasteiger partial charge on any atom is -1.00 e. The van der Waals surface area contributed by atoms with E-state index in [1.54, 1.807) is 5.57 Å². The van der Waals surface area contributed by atoms with Crippen LogP contribution < -0.4 is 35.3 Å². The van der Waals surface area contributed by atoms with Crippen LogP contribution in [0.1, 0.15) is 30.4 Å². The number of allylic oxidation sites excluding steroid dienone is 4. The number of rotatable bonds is 3. The summed E-state index contributed by atoms with van der Waals surface area (Å²) in [6, 6.07) is 27.1. The fourth-order valence-corrected chi connectivity index (χ4v) is 5.92. The number of hydrogen-bond donors (Lipinski definition) is 0. The molecular formula is C29H24Cl2Hf. The molecule has 0 aromatic heterocycles. The second kappa shape index (κ2) is 10.1. The minimum absolute atomic E-state index is 0. The molecule has 2 atom stereocenters. The van der Waals surface area contributed by atoms with E-state index in [0.29, 0.717) is 17.8 Å². The summed E-state index contributed by atoms with van der Waals surface area (Å²) in [5.74, 6) is 1.32. The van der Waals surface area contributed by atoms with Crippen LogP contribution in [-0.2, 0) is 25.8 Å². The Hall–Kier alpha value is -1.67. The number of hydrogen-bond acceptors (Lipinski definition) is 0. The first-order valence-corrected chi connectivity index (χ1v) is 10.7. The summed E-state index contributed by atoms with van der Waals surface area (Å²) in [6.45, 7) is 2.37. The largest absolute Gasteiger partial charge is 2.00 e. The number of benzene rings is 3. The van der Waals surface area contributed by atoms with Crippen molar-refractivity contribution in [3.8, 4) is 11.1 Å². The Morgan fingerprint density at radius 3 is 1.91 bits per heavy atom. The SMILES string of the molecule is CCC(C1=c2ccccc2=C2C=CC=CC21)C1c2ccccc2-c2ccccc21.[Cl-].[Cl-].[Hf+2]. The molecule has 3 heteroatoms. The van der Waals surface area contributed by atoms with Crippen LogP contribution in [0.25, 0.3) is 22.3 Å². The zero-order valence-electron chi connectivity index (χ0n) is 17.9. The fraction of sp³-hybridized carbons (Fsp3) is 0.172. The fourth-order valence-electron chi connectivity index (χ4n) is 5.92. The van der Waals surface area contributed by atoms with Crippen molar-refractivity contribution in [2.24, 2.45) is 11.8 Å². The molecule has 0 aliphatic heterocycles. The molecule has 0 heterocycles. The first-order chi connectivity index (χ1) is 14.4. The summed E-state index contributed by atoms with van der Waals surface area (Å²) in [5, 5.41) is 2.88. The average Bonchev–Trinajstić information content (AvgIpc) is 3.29. The smallest absolute Gasteiger partial charge is 1.00 e. The van der Waals surface area contributed by atoms with Crippen molar-refractivity contribution in [1.82, 2.24) is 0 Å². The first-order valence-electron chi connectivity index (χ1n) is 10.7. The van der Waals surface area contributed by atoms with Gasteiger partial charge in [0.05, 0.1) is 0 Å². The summed E-state index contributed by atoms with van der Waals surface area (Å²) in [4.78, 5) is 0. The summed E-state index contributed by atoms with van der Waals surface area (Å²) in [6.07, 6.45) is 10.3. The second-order valence-electron chi connectivity index (χ2n) is 8.34. The second-order valence-corrected chi connectivity index (χ2v) is 8.34. The standard InChI is InChI=1S/C29H24.2ClH.Hf/c1-2-19(28-24-15-7-3-11-20(24)21-12-4-8-16-25(21)28)29-26-17-9-5-13-22(26)23-14-6-10-18-27(23)29;;;/h3-19,24,29H,2H2,1H3;2*1H;/q;;;+2/p-2. The van der Waals surface area contributed by atoms with Crippen molar-refractivity contribution >= 4 is 11.1 Å². The molecule has 0 amide bonds. The van der Waals surface area contributed by atoms with Gasteiger partial charge in [0.1, 0.15) is 0 Å². The monoisotopic (exact) mass is 622 g/mol. The van der Waals surface area contributed by atoms with Crippen molar-refractivity contribution in [3.05, 3.63) is 119 Å². The normalized spacial score (nSPS) is 17.8. The van der Waals surface area contributed by atoms with Crippen molar-refractivity contribution < 1.29 is 50.7 Å². The Bertz CT molecular complexity index is 1270. The Morgan fingerprint density at radius 2 is 1.28 bits per heavy atom. The molecule has 3 aliphatic rings. The van der Waals surface area contributed by atoms with Crippen molar-refractivity contribution in [1.29, 1.82) is 0 Å². The predicted molar refractivity (Wildman–Crippen MR) is 122 cm³/mol. The Labute approximate surface area is 221 Å². The van der Waals surface area contributed by atoms with Gasteiger partial charge in [0.2, 0.25) is 0 Å². The molecule has 6 rings (SSSR count). The van der Waals surface area contributed by atoms with Crippen LogP contribution in [0.2, 0.25) is 0 Å². The molecule has 0 N–H and O–H groups in total. The number of fused-ring (bicyclic) bond motifs is 5. The third kappa shape index (κ3) is 3.63. The van der Waals surface area contributed by atoms with E-state index in [1.807, 2.05) is 0 Å². The molecule has 0 saturated heterocycles. The topological polar surface area (TPSA) is 0 Å². The maximum atomic E-state index is 2.40. The van der Waals surface area contributed by atoms with Crippen molar-refractivity contribution in [3.63, 3.8) is 0 Å². The van der Waals surface area contributed by atoms with E-state index in [1.165, 1.54) is 38.3 Å². The third-order valence-electron chi connectivity index (χ3n) is 7.03. The van der Waals surface area contributed by atoms with Gasteiger partial charge in [0, 0.05) is 11.8 Å². The van der Waals surface area contributed by atoms with E-state index in [9.17, 15) is 0 Å². The summed E-state index contributed by atoms with van der Waals surface area (Å²) in [7, 11) is 0. The van der Waals surface area contributed by atoms with E-state index >= 15 is 0 Å². The van der Waals surface area contributed by atoms with Crippen LogP contribution in [0.3, 0.4) is 0 Å². The molecule has 0 radical (unpaired) electrons. The van der Waals surface area contributed by atoms with Crippen LogP contribution in [0.4, 0.5) is 0 Å². The summed E-state index contributed by atoms with van der Waals surface area (Å²) >= 11 is 0. The molecule has 0 saturated carbocycles. The molecule has 32 heavy (non-hydrogen) atoms. The van der Waals surface area contributed by atoms with Gasteiger partial charge in [0.25, 0.3) is 0 Å². The van der Waals surface area contributed by atoms with Gasteiger partial charge >= 0.3 is 25.8 Å². The van der Waals surface area contributed by atoms with Crippen molar-refractivity contribution in [2.75, 3.05) is 0 Å². The Kier molecular flexibility index (Phi) is 7.86. The third-order valence-corrected chi connectivity index (χ3v) is 7.03. The molecule has 158 valence electrons. The molecule has 0 bridgehead atoms. The Morgan fingerprint density at radius 1 is 0.719 bits per heavy atom. The van der Waals surface area contributed by atoms with Crippen LogP contribution in [-0.4, -0.2) is 0 Å². The van der Waals surface area contributed by atoms with Gasteiger partial charge in [-0.3, -0.25) is 0 Å². The maximum Gasteiger partial charge on any atom is 2.00 e. The average molecular weight is 622 g/mol. The molecule has 0 spiro atoms. The van der Waals surface area contributed by atoms with Gasteiger partial charge in [-0.25, -0.2) is 0 Å². The Balaban J connectivity index is 0.000000963. The van der Waals surface area contributed by atoms with Crippen LogP contribution in [0, 0.1) is 11.8 Å². The zero-order valence-corrected chi connectivity index (χ0v) is 23.0. The first kappa shape index (κ1) is 25.0. The van der Waals surface area contributed by atoms with Crippen LogP contribution in [0.15, 0.2) is 97.1 Å². The van der Waals surface area contributed by atoms with Crippen LogP contribution >= 0.6 is 0 Å². The maximum absolute atomic E-state index is 2.40. The zero-order chi connectivity index (χ0) is 19.4. The summed E-state index contributed by atoms with van der Waals surface area (Å²) < 4.78 is 0. The van der Waals surface area contributed by atoms with Gasteiger partial charge in [-0.2, -0.15) is 0 Å². The van der Waals surface area contributed by atoms with E-state index in [4.69, 9.17) is 0 Å². The van der Waals surface area contributed by atoms with Gasteiger partial charge in [-0.05, 0) is 56.2 Å². The molecule has 3 aromatic carbocycles. The molecule has 3 aromatic rings. The van der Waals surface area contributed by atoms with Crippen molar-refractivity contribution in [2.45, 2.75) is 19.3 Å². The number of halogens is 2. The predicted octanol–water partition coefficient (Wildman–Crippen LogP) is -0.412. The van der Waals surface area contributed by atoms with Gasteiger partial charge in [0.15, 0.2) is 0 Å². The quantitative estimate of drug-likeness (QED) is 0.349. The van der Waals surface area contributed by atoms with E-state index in [-0.39, 0.29) is 50.7 Å². The van der Waals surface area contributed by atoms with Gasteiger partial charge in [-0.15, -0.1) is 0 Å². The van der Waals surface area contributed by atoms with E-state index < -0.39 is 0 Å². The van der Waals surface area contributed by atoms with E-state index in [0.717, 1.165) is 6.42 Å². The molecular weight excluding hydrogens is 598 g/mol. The van der Waals surface area contributed by atoms with E-state index in [2.05, 4.69) is 104 Å². The molecule has 2 unspecified atom stereocenters. The molecule has 3 aliphatic carbocycles. The molecule has 0 fully saturated rings. The van der Waals surface area contributed by atoms with Crippen LogP contribution in [0.5, 0.6) is 0 Å². The minimum atomic E-state index is 0. The summed E-state index contributed by atoms with van der Waals surface area (Å²) in [5.41, 5.74) is 8.90. The van der Waals surface area contributed by atoms with Gasteiger partial charge in [-0.1, -0.05) is 104 Å².